The second-order valence-electron chi connectivity index (χ2n) is 2.95. The van der Waals surface area contributed by atoms with Crippen molar-refractivity contribution in [2.75, 3.05) is 5.32 Å². The van der Waals surface area contributed by atoms with E-state index in [9.17, 15) is 4.79 Å². The summed E-state index contributed by atoms with van der Waals surface area (Å²) < 4.78 is 0. The zero-order valence-corrected chi connectivity index (χ0v) is 8.45. The van der Waals surface area contributed by atoms with E-state index in [1.165, 1.54) is 0 Å². The minimum atomic E-state index is 0.666. The minimum Gasteiger partial charge on any atom is -0.327 e. The van der Waals surface area contributed by atoms with Crippen LogP contribution in [0.25, 0.3) is 0 Å². The molecular weight excluding hydrogens is 176 g/mol. The fourth-order valence-corrected chi connectivity index (χ4v) is 1.19. The Balaban J connectivity index is 3.08. The van der Waals surface area contributed by atoms with E-state index < -0.39 is 0 Å². The van der Waals surface area contributed by atoms with E-state index in [0.29, 0.717) is 6.41 Å². The van der Waals surface area contributed by atoms with Crippen LogP contribution in [0.4, 0.5) is 11.4 Å². The molecule has 0 saturated heterocycles. The van der Waals surface area contributed by atoms with Crippen LogP contribution in [0.2, 0.25) is 0 Å². The van der Waals surface area contributed by atoms with Crippen molar-refractivity contribution < 1.29 is 4.79 Å². The van der Waals surface area contributed by atoms with Gasteiger partial charge in [-0.3, -0.25) is 9.79 Å². The summed E-state index contributed by atoms with van der Waals surface area (Å²) in [6.07, 6.45) is 3.38. The molecule has 0 spiro atoms. The second kappa shape index (κ2) is 5.17. The highest BCUT2D eigenvalue weighted by Gasteiger charge is 2.01. The number of anilines is 1. The van der Waals surface area contributed by atoms with E-state index in [1.807, 2.05) is 38.3 Å². The Morgan fingerprint density at radius 1 is 1.50 bits per heavy atom. The van der Waals surface area contributed by atoms with Gasteiger partial charge in [-0.2, -0.15) is 0 Å². The molecule has 0 aromatic heterocycles. The predicted molar refractivity (Wildman–Crippen MR) is 59.3 cm³/mol. The molecule has 0 aliphatic heterocycles. The third-order valence-corrected chi connectivity index (χ3v) is 1.86. The maximum atomic E-state index is 10.3. The number of nitrogens with one attached hydrogen (secondary N) is 1. The summed E-state index contributed by atoms with van der Waals surface area (Å²) in [4.78, 5) is 14.6. The molecule has 0 saturated carbocycles. The third kappa shape index (κ3) is 2.42. The highest BCUT2D eigenvalue weighted by Crippen LogP contribution is 2.27. The van der Waals surface area contributed by atoms with E-state index in [0.717, 1.165) is 23.4 Å². The first-order valence-electron chi connectivity index (χ1n) is 4.62. The number of carbonyl (C=O) groups excluding carboxylic acids is 1. The monoisotopic (exact) mass is 190 g/mol. The van der Waals surface area contributed by atoms with E-state index in [-0.39, 0.29) is 0 Å². The Hall–Kier alpha value is -1.64. The SMILES string of the molecule is CCC=Nc1c(C)cccc1NC=O. The van der Waals surface area contributed by atoms with Crippen molar-refractivity contribution in [2.45, 2.75) is 20.3 Å². The smallest absolute Gasteiger partial charge is 0.211 e. The van der Waals surface area contributed by atoms with E-state index in [4.69, 9.17) is 0 Å². The van der Waals surface area contributed by atoms with E-state index in [2.05, 4.69) is 10.3 Å². The lowest BCUT2D eigenvalue weighted by molar-refractivity contribution is -0.105. The molecule has 1 rings (SSSR count). The molecule has 0 heterocycles. The number of nitrogens with zero attached hydrogens (tertiary/aromatic N) is 1. The lowest BCUT2D eigenvalue weighted by Gasteiger charge is -2.06. The molecular formula is C11H14N2O. The molecule has 0 unspecified atom stereocenters. The van der Waals surface area contributed by atoms with Gasteiger partial charge in [-0.1, -0.05) is 19.1 Å². The van der Waals surface area contributed by atoms with E-state index >= 15 is 0 Å². The van der Waals surface area contributed by atoms with Gasteiger partial charge >= 0.3 is 0 Å². The molecule has 1 aromatic rings. The Morgan fingerprint density at radius 2 is 2.29 bits per heavy atom. The molecule has 3 nitrogen and oxygen atoms in total. The van der Waals surface area contributed by atoms with Crippen LogP contribution < -0.4 is 5.32 Å². The quantitative estimate of drug-likeness (QED) is 0.575. The first kappa shape index (κ1) is 10.4. The highest BCUT2D eigenvalue weighted by atomic mass is 16.1. The van der Waals surface area contributed by atoms with Crippen LogP contribution >= 0.6 is 0 Å². The summed E-state index contributed by atoms with van der Waals surface area (Å²) in [5.74, 6) is 0. The Bertz CT molecular complexity index is 345. The van der Waals surface area contributed by atoms with Crippen molar-refractivity contribution in [3.63, 3.8) is 0 Å². The largest absolute Gasteiger partial charge is 0.327 e. The minimum absolute atomic E-state index is 0.666. The van der Waals surface area contributed by atoms with Gasteiger partial charge in [0.25, 0.3) is 0 Å². The Morgan fingerprint density at radius 3 is 2.93 bits per heavy atom. The topological polar surface area (TPSA) is 41.5 Å². The van der Waals surface area contributed by atoms with Crippen LogP contribution in [0, 0.1) is 6.92 Å². The molecule has 0 aliphatic carbocycles. The summed E-state index contributed by atoms with van der Waals surface area (Å²) >= 11 is 0. The average molecular weight is 190 g/mol. The molecule has 0 atom stereocenters. The highest BCUT2D eigenvalue weighted by molar-refractivity contribution is 5.82. The molecule has 1 N–H and O–H groups in total. The molecule has 0 aliphatic rings. The van der Waals surface area contributed by atoms with Crippen LogP contribution in [-0.2, 0) is 4.79 Å². The number of para-hydroxylation sites is 1. The van der Waals surface area contributed by atoms with Gasteiger partial charge in [0.2, 0.25) is 6.41 Å². The number of aryl methyl sites for hydroxylation is 1. The second-order valence-corrected chi connectivity index (χ2v) is 2.95. The Labute approximate surface area is 83.9 Å². The van der Waals surface area contributed by atoms with Crippen LogP contribution in [0.5, 0.6) is 0 Å². The van der Waals surface area contributed by atoms with Crippen LogP contribution in [0.3, 0.4) is 0 Å². The van der Waals surface area contributed by atoms with Gasteiger partial charge in [-0.25, -0.2) is 0 Å². The van der Waals surface area contributed by atoms with Crippen molar-refractivity contribution in [1.29, 1.82) is 0 Å². The molecule has 0 fully saturated rings. The first-order valence-corrected chi connectivity index (χ1v) is 4.62. The molecule has 74 valence electrons. The average Bonchev–Trinajstić information content (AvgIpc) is 2.18. The van der Waals surface area contributed by atoms with Gasteiger partial charge in [-0.05, 0) is 25.0 Å². The molecule has 14 heavy (non-hydrogen) atoms. The van der Waals surface area contributed by atoms with Crippen LogP contribution in [0.15, 0.2) is 23.2 Å². The molecule has 0 bridgehead atoms. The van der Waals surface area contributed by atoms with Crippen LogP contribution in [0.1, 0.15) is 18.9 Å². The first-order chi connectivity index (χ1) is 6.79. The van der Waals surface area contributed by atoms with Crippen molar-refractivity contribution >= 4 is 24.0 Å². The summed E-state index contributed by atoms with van der Waals surface area (Å²) in [6.45, 7) is 3.99. The zero-order chi connectivity index (χ0) is 10.4. The normalized spacial score (nSPS) is 10.4. The third-order valence-electron chi connectivity index (χ3n) is 1.86. The number of hydrogen-bond donors (Lipinski definition) is 1. The maximum Gasteiger partial charge on any atom is 0.211 e. The van der Waals surface area contributed by atoms with Crippen molar-refractivity contribution in [3.05, 3.63) is 23.8 Å². The number of rotatable bonds is 4. The van der Waals surface area contributed by atoms with Gasteiger partial charge < -0.3 is 5.32 Å². The lowest BCUT2D eigenvalue weighted by atomic mass is 10.1. The summed E-state index contributed by atoms with van der Waals surface area (Å²) in [7, 11) is 0. The van der Waals surface area contributed by atoms with Gasteiger partial charge in [0.15, 0.2) is 0 Å². The van der Waals surface area contributed by atoms with Gasteiger partial charge in [0.05, 0.1) is 11.4 Å². The van der Waals surface area contributed by atoms with Gasteiger partial charge in [-0.15, -0.1) is 0 Å². The van der Waals surface area contributed by atoms with Crippen molar-refractivity contribution in [3.8, 4) is 0 Å². The molecule has 1 amide bonds. The zero-order valence-electron chi connectivity index (χ0n) is 8.45. The number of aliphatic imine (C=N–C) groups is 1. The van der Waals surface area contributed by atoms with Crippen molar-refractivity contribution in [2.24, 2.45) is 4.99 Å². The standard InChI is InChI=1S/C11H14N2O/c1-3-7-12-11-9(2)5-4-6-10(11)13-8-14/h4-8H,3H2,1-2H3,(H,13,14). The number of carbonyl (C=O) groups is 1. The summed E-state index contributed by atoms with van der Waals surface area (Å²) in [5.41, 5.74) is 2.65. The van der Waals surface area contributed by atoms with E-state index in [1.54, 1.807) is 0 Å². The Kier molecular flexibility index (Phi) is 3.85. The number of amides is 1. The van der Waals surface area contributed by atoms with Gasteiger partial charge in [0.1, 0.15) is 0 Å². The van der Waals surface area contributed by atoms with Gasteiger partial charge in [0, 0.05) is 6.21 Å². The molecule has 3 heteroatoms. The lowest BCUT2D eigenvalue weighted by Crippen LogP contribution is -1.94. The molecule has 1 aromatic carbocycles. The summed E-state index contributed by atoms with van der Waals surface area (Å²) in [6, 6.07) is 5.70. The predicted octanol–water partition coefficient (Wildman–Crippen LogP) is 2.68. The maximum absolute atomic E-state index is 10.3. The fourth-order valence-electron chi connectivity index (χ4n) is 1.19. The van der Waals surface area contributed by atoms with Crippen LogP contribution in [-0.4, -0.2) is 12.6 Å². The van der Waals surface area contributed by atoms with Crippen molar-refractivity contribution in [1.82, 2.24) is 0 Å². The fraction of sp³-hybridized carbons (Fsp3) is 0.273. The number of hydrogen-bond acceptors (Lipinski definition) is 2. The summed E-state index contributed by atoms with van der Waals surface area (Å²) in [5, 5.41) is 2.63. The molecule has 0 radical (unpaired) electrons. The number of benzene rings is 1.